The first-order chi connectivity index (χ1) is 24.3. The molecule has 12 heteroatoms. The Balaban J connectivity index is 1.22. The molecule has 6 rings (SSSR count). The van der Waals surface area contributed by atoms with Crippen LogP contribution in [0.4, 0.5) is 10.7 Å². The fourth-order valence-corrected chi connectivity index (χ4v) is 8.32. The van der Waals surface area contributed by atoms with E-state index in [0.717, 1.165) is 21.6 Å². The minimum atomic E-state index is -0.694. The van der Waals surface area contributed by atoms with Crippen LogP contribution in [0, 0.1) is 11.3 Å². The molecule has 3 heterocycles. The molecule has 250 valence electrons. The van der Waals surface area contributed by atoms with Crippen molar-refractivity contribution in [3.63, 3.8) is 0 Å². The molecule has 1 aliphatic heterocycles. The summed E-state index contributed by atoms with van der Waals surface area (Å²) in [5, 5.41) is 22.2. The SMILES string of the molecule is CC(=O)N1CCc2c(sc(NC(=O)C(Sc3cccc(NC(=O)/C(=C/c4ccsc4)NC(=O)c4ccccc4)c3)c3ccccc3)c2C#N)C1. The maximum Gasteiger partial charge on any atom is 0.272 e. The molecule has 1 unspecified atom stereocenters. The first-order valence-corrected chi connectivity index (χ1v) is 18.3. The summed E-state index contributed by atoms with van der Waals surface area (Å²) in [6.07, 6.45) is 2.18. The number of hydrogen-bond donors (Lipinski definition) is 3. The number of nitriles is 1. The molecular formula is C38H31N5O4S3. The highest BCUT2D eigenvalue weighted by Gasteiger charge is 2.29. The summed E-state index contributed by atoms with van der Waals surface area (Å²) in [5.74, 6) is -1.25. The van der Waals surface area contributed by atoms with Gasteiger partial charge in [0.05, 0.1) is 12.1 Å². The number of nitrogens with zero attached hydrogens (tertiary/aromatic N) is 2. The van der Waals surface area contributed by atoms with E-state index in [9.17, 15) is 24.4 Å². The Morgan fingerprint density at radius 2 is 1.72 bits per heavy atom. The highest BCUT2D eigenvalue weighted by atomic mass is 32.2. The molecule has 0 radical (unpaired) electrons. The number of thiophene rings is 2. The first-order valence-electron chi connectivity index (χ1n) is 15.6. The van der Waals surface area contributed by atoms with Gasteiger partial charge in [0, 0.05) is 34.5 Å². The van der Waals surface area contributed by atoms with Crippen molar-refractivity contribution in [3.8, 4) is 6.07 Å². The van der Waals surface area contributed by atoms with Crippen molar-refractivity contribution in [2.24, 2.45) is 0 Å². The second-order valence-corrected chi connectivity index (χ2v) is 14.4. The molecule has 0 fully saturated rings. The average molecular weight is 718 g/mol. The molecule has 5 aromatic rings. The number of hydrogen-bond acceptors (Lipinski definition) is 8. The normalized spacial score (nSPS) is 13.0. The van der Waals surface area contributed by atoms with Crippen LogP contribution in [-0.4, -0.2) is 35.1 Å². The Hall–Kier alpha value is -5.48. The summed E-state index contributed by atoms with van der Waals surface area (Å²) < 4.78 is 0. The molecule has 0 saturated heterocycles. The van der Waals surface area contributed by atoms with Crippen LogP contribution in [0.15, 0.2) is 112 Å². The molecule has 1 atom stereocenters. The first kappa shape index (κ1) is 34.4. The molecule has 4 amide bonds. The molecule has 0 saturated carbocycles. The van der Waals surface area contributed by atoms with Gasteiger partial charge in [-0.3, -0.25) is 19.2 Å². The third-order valence-corrected chi connectivity index (χ3v) is 11.0. The van der Waals surface area contributed by atoms with Crippen LogP contribution in [0.5, 0.6) is 0 Å². The standard InChI is InChI=1S/C38H31N5O4S3/c1-24(44)43-17-15-30-31(21-39)38(50-33(30)22-43)42-37(47)34(26-9-4-2-5-10-26)49-29-14-8-13-28(20-29)40-36(46)32(19-25-16-18-48-23-25)41-35(45)27-11-6-3-7-12-27/h2-14,16,18-20,23,34H,15,17,22H2,1H3,(H,40,46)(H,41,45)(H,42,47)/b32-19-. The Bertz CT molecular complexity index is 2100. The number of benzene rings is 3. The molecule has 50 heavy (non-hydrogen) atoms. The average Bonchev–Trinajstić information content (AvgIpc) is 3.77. The van der Waals surface area contributed by atoms with Crippen LogP contribution in [0.1, 0.15) is 49.7 Å². The Morgan fingerprint density at radius 3 is 2.42 bits per heavy atom. The van der Waals surface area contributed by atoms with Gasteiger partial charge in [0.15, 0.2) is 0 Å². The summed E-state index contributed by atoms with van der Waals surface area (Å²) in [6, 6.07) is 29.3. The zero-order valence-corrected chi connectivity index (χ0v) is 29.3. The van der Waals surface area contributed by atoms with Crippen molar-refractivity contribution < 1.29 is 19.2 Å². The monoisotopic (exact) mass is 717 g/mol. The molecule has 0 bridgehead atoms. The van der Waals surface area contributed by atoms with Crippen LogP contribution < -0.4 is 16.0 Å². The van der Waals surface area contributed by atoms with Crippen LogP contribution >= 0.6 is 34.4 Å². The van der Waals surface area contributed by atoms with Gasteiger partial charge in [0.2, 0.25) is 11.8 Å². The van der Waals surface area contributed by atoms with Gasteiger partial charge < -0.3 is 20.9 Å². The number of nitrogens with one attached hydrogen (secondary N) is 3. The van der Waals surface area contributed by atoms with Gasteiger partial charge in [-0.25, -0.2) is 0 Å². The van der Waals surface area contributed by atoms with Crippen molar-refractivity contribution in [1.82, 2.24) is 10.2 Å². The molecule has 1 aliphatic rings. The van der Waals surface area contributed by atoms with Gasteiger partial charge in [0.1, 0.15) is 22.0 Å². The van der Waals surface area contributed by atoms with Crippen molar-refractivity contribution in [2.75, 3.05) is 17.2 Å². The van der Waals surface area contributed by atoms with E-state index in [-0.39, 0.29) is 17.5 Å². The molecule has 3 N–H and O–H groups in total. The maximum absolute atomic E-state index is 14.0. The lowest BCUT2D eigenvalue weighted by Crippen LogP contribution is -2.33. The predicted octanol–water partition coefficient (Wildman–Crippen LogP) is 7.47. The molecular weight excluding hydrogens is 687 g/mol. The summed E-state index contributed by atoms with van der Waals surface area (Å²) in [7, 11) is 0. The van der Waals surface area contributed by atoms with Gasteiger partial charge in [-0.1, -0.05) is 54.6 Å². The Morgan fingerprint density at radius 1 is 0.960 bits per heavy atom. The number of rotatable bonds is 10. The van der Waals surface area contributed by atoms with Gasteiger partial charge in [0.25, 0.3) is 11.8 Å². The van der Waals surface area contributed by atoms with Gasteiger partial charge in [-0.2, -0.15) is 16.6 Å². The van der Waals surface area contributed by atoms with Crippen molar-refractivity contribution in [1.29, 1.82) is 5.26 Å². The predicted molar refractivity (Wildman–Crippen MR) is 199 cm³/mol. The van der Waals surface area contributed by atoms with E-state index < -0.39 is 17.1 Å². The van der Waals surface area contributed by atoms with Crippen LogP contribution in [-0.2, 0) is 27.3 Å². The van der Waals surface area contributed by atoms with Crippen LogP contribution in [0.3, 0.4) is 0 Å². The fraction of sp³-hybridized carbons (Fsp3) is 0.132. The minimum Gasteiger partial charge on any atom is -0.337 e. The number of carbonyl (C=O) groups excluding carboxylic acids is 4. The van der Waals surface area contributed by atoms with Crippen LogP contribution in [0.25, 0.3) is 6.08 Å². The fourth-order valence-electron chi connectivity index (χ4n) is 5.40. The Labute approximate surface area is 301 Å². The lowest BCUT2D eigenvalue weighted by Gasteiger charge is -2.25. The van der Waals surface area contributed by atoms with Crippen LogP contribution in [0.2, 0.25) is 0 Å². The summed E-state index contributed by atoms with van der Waals surface area (Å²) >= 11 is 4.11. The number of anilines is 2. The smallest absolute Gasteiger partial charge is 0.272 e. The number of carbonyl (C=O) groups is 4. The molecule has 0 spiro atoms. The van der Waals surface area contributed by atoms with E-state index in [4.69, 9.17) is 0 Å². The van der Waals surface area contributed by atoms with Crippen molar-refractivity contribution in [2.45, 2.75) is 30.0 Å². The second-order valence-electron chi connectivity index (χ2n) is 11.3. The third-order valence-electron chi connectivity index (χ3n) is 7.92. The number of fused-ring (bicyclic) bond motifs is 1. The second kappa shape index (κ2) is 15.8. The van der Waals surface area contributed by atoms with E-state index in [0.29, 0.717) is 46.2 Å². The quantitative estimate of drug-likeness (QED) is 0.102. The lowest BCUT2D eigenvalue weighted by molar-refractivity contribution is -0.129. The van der Waals surface area contributed by atoms with E-state index >= 15 is 0 Å². The molecule has 2 aromatic heterocycles. The molecule has 3 aromatic carbocycles. The van der Waals surface area contributed by atoms with E-state index in [1.54, 1.807) is 53.4 Å². The van der Waals surface area contributed by atoms with Gasteiger partial charge in [-0.05, 0) is 76.3 Å². The highest BCUT2D eigenvalue weighted by Crippen LogP contribution is 2.40. The zero-order valence-electron chi connectivity index (χ0n) is 26.8. The number of thioether (sulfide) groups is 1. The molecule has 0 aliphatic carbocycles. The lowest BCUT2D eigenvalue weighted by atomic mass is 10.0. The molecule has 9 nitrogen and oxygen atoms in total. The third kappa shape index (κ3) is 8.20. The summed E-state index contributed by atoms with van der Waals surface area (Å²) in [6.45, 7) is 2.47. The van der Waals surface area contributed by atoms with Crippen molar-refractivity contribution in [3.05, 3.63) is 140 Å². The topological polar surface area (TPSA) is 131 Å². The highest BCUT2D eigenvalue weighted by molar-refractivity contribution is 8.00. The van der Waals surface area contributed by atoms with E-state index in [1.807, 2.05) is 59.3 Å². The van der Waals surface area contributed by atoms with Gasteiger partial charge >= 0.3 is 0 Å². The van der Waals surface area contributed by atoms with Gasteiger partial charge in [-0.15, -0.1) is 23.1 Å². The van der Waals surface area contributed by atoms with Crippen molar-refractivity contribution >= 4 is 74.8 Å². The number of amides is 4. The Kier molecular flexibility index (Phi) is 10.9. The van der Waals surface area contributed by atoms with E-state index in [1.165, 1.54) is 41.4 Å². The van der Waals surface area contributed by atoms with E-state index in [2.05, 4.69) is 22.0 Å². The summed E-state index contributed by atoms with van der Waals surface area (Å²) in [4.78, 5) is 55.9. The maximum atomic E-state index is 14.0. The minimum absolute atomic E-state index is 0.0289. The largest absolute Gasteiger partial charge is 0.337 e. The zero-order chi connectivity index (χ0) is 35.0. The summed E-state index contributed by atoms with van der Waals surface area (Å²) in [5.41, 5.74) is 3.83.